The molecule has 3 heteroatoms. The van der Waals surface area contributed by atoms with Crippen LogP contribution in [0.15, 0.2) is 24.3 Å². The molecular formula is C11H16FNO. The molecule has 1 unspecified atom stereocenters. The lowest BCUT2D eigenvalue weighted by atomic mass is 10.1. The standard InChI is InChI=1S/C11H16FNO/c1-2-7-14-11(8-13)9-5-3-4-6-10(9)12/h3-6,11H,2,7-8,13H2,1H3. The van der Waals surface area contributed by atoms with Crippen molar-refractivity contribution in [3.63, 3.8) is 0 Å². The van der Waals surface area contributed by atoms with Crippen molar-refractivity contribution in [3.8, 4) is 0 Å². The molecule has 0 saturated carbocycles. The maximum atomic E-state index is 13.3. The topological polar surface area (TPSA) is 35.2 Å². The van der Waals surface area contributed by atoms with Crippen LogP contribution in [0.4, 0.5) is 4.39 Å². The van der Waals surface area contributed by atoms with Gasteiger partial charge in [0.1, 0.15) is 5.82 Å². The summed E-state index contributed by atoms with van der Waals surface area (Å²) in [6.07, 6.45) is 0.585. The first-order valence-corrected chi connectivity index (χ1v) is 4.85. The van der Waals surface area contributed by atoms with Crippen molar-refractivity contribution < 1.29 is 9.13 Å². The van der Waals surface area contributed by atoms with E-state index in [4.69, 9.17) is 10.5 Å². The van der Waals surface area contributed by atoms with E-state index in [1.807, 2.05) is 6.92 Å². The molecule has 2 N–H and O–H groups in total. The van der Waals surface area contributed by atoms with Crippen molar-refractivity contribution in [2.75, 3.05) is 13.2 Å². The largest absolute Gasteiger partial charge is 0.372 e. The normalized spacial score (nSPS) is 12.8. The van der Waals surface area contributed by atoms with Gasteiger partial charge in [0.25, 0.3) is 0 Å². The number of hydrogen-bond acceptors (Lipinski definition) is 2. The average molecular weight is 197 g/mol. The quantitative estimate of drug-likeness (QED) is 0.785. The fraction of sp³-hybridized carbons (Fsp3) is 0.455. The molecule has 1 atom stereocenters. The third kappa shape index (κ3) is 2.79. The zero-order valence-corrected chi connectivity index (χ0v) is 8.37. The number of rotatable bonds is 5. The van der Waals surface area contributed by atoms with Crippen LogP contribution in [0.25, 0.3) is 0 Å². The summed E-state index contributed by atoms with van der Waals surface area (Å²) in [5.41, 5.74) is 6.07. The second kappa shape index (κ2) is 5.73. The summed E-state index contributed by atoms with van der Waals surface area (Å²) in [4.78, 5) is 0. The van der Waals surface area contributed by atoms with E-state index in [9.17, 15) is 4.39 Å². The van der Waals surface area contributed by atoms with Crippen LogP contribution in [0.2, 0.25) is 0 Å². The van der Waals surface area contributed by atoms with E-state index in [1.54, 1.807) is 18.2 Å². The summed E-state index contributed by atoms with van der Waals surface area (Å²) < 4.78 is 18.8. The molecule has 0 bridgehead atoms. The van der Waals surface area contributed by atoms with E-state index in [1.165, 1.54) is 6.07 Å². The van der Waals surface area contributed by atoms with Crippen molar-refractivity contribution in [3.05, 3.63) is 35.6 Å². The Morgan fingerprint density at radius 3 is 2.71 bits per heavy atom. The average Bonchev–Trinajstić information content (AvgIpc) is 2.21. The molecule has 1 rings (SSSR count). The van der Waals surface area contributed by atoms with Gasteiger partial charge in [-0.1, -0.05) is 25.1 Å². The van der Waals surface area contributed by atoms with Gasteiger partial charge in [0.2, 0.25) is 0 Å². The van der Waals surface area contributed by atoms with Crippen LogP contribution in [0.5, 0.6) is 0 Å². The highest BCUT2D eigenvalue weighted by molar-refractivity contribution is 5.20. The third-order valence-electron chi connectivity index (χ3n) is 1.99. The Balaban J connectivity index is 2.73. The Labute approximate surface area is 83.9 Å². The lowest BCUT2D eigenvalue weighted by molar-refractivity contribution is 0.0567. The van der Waals surface area contributed by atoms with Gasteiger partial charge < -0.3 is 10.5 Å². The molecule has 0 aliphatic rings. The van der Waals surface area contributed by atoms with Gasteiger partial charge in [-0.2, -0.15) is 0 Å². The SMILES string of the molecule is CCCOC(CN)c1ccccc1F. The highest BCUT2D eigenvalue weighted by atomic mass is 19.1. The van der Waals surface area contributed by atoms with Crippen molar-refractivity contribution >= 4 is 0 Å². The highest BCUT2D eigenvalue weighted by Crippen LogP contribution is 2.19. The van der Waals surface area contributed by atoms with Crippen molar-refractivity contribution in [1.29, 1.82) is 0 Å². The Bertz CT molecular complexity index is 278. The van der Waals surface area contributed by atoms with Crippen LogP contribution in [0, 0.1) is 5.82 Å². The molecule has 0 aliphatic carbocycles. The first-order valence-electron chi connectivity index (χ1n) is 4.85. The third-order valence-corrected chi connectivity index (χ3v) is 1.99. The molecule has 14 heavy (non-hydrogen) atoms. The van der Waals surface area contributed by atoms with Crippen LogP contribution in [0.3, 0.4) is 0 Å². The first-order chi connectivity index (χ1) is 6.79. The van der Waals surface area contributed by atoms with Crippen molar-refractivity contribution in [2.45, 2.75) is 19.4 Å². The predicted molar refractivity (Wildman–Crippen MR) is 54.4 cm³/mol. The van der Waals surface area contributed by atoms with Gasteiger partial charge in [-0.25, -0.2) is 4.39 Å². The minimum atomic E-state index is -0.323. The number of halogens is 1. The molecule has 2 nitrogen and oxygen atoms in total. The van der Waals surface area contributed by atoms with Crippen molar-refractivity contribution in [1.82, 2.24) is 0 Å². The summed E-state index contributed by atoms with van der Waals surface area (Å²) in [7, 11) is 0. The summed E-state index contributed by atoms with van der Waals surface area (Å²) in [6, 6.07) is 6.58. The van der Waals surface area contributed by atoms with E-state index in [-0.39, 0.29) is 11.9 Å². The number of benzene rings is 1. The molecule has 0 amide bonds. The summed E-state index contributed by atoms with van der Waals surface area (Å²) in [6.45, 7) is 2.92. The maximum Gasteiger partial charge on any atom is 0.129 e. The number of nitrogens with two attached hydrogens (primary N) is 1. The molecule has 78 valence electrons. The summed E-state index contributed by atoms with van der Waals surface area (Å²) in [5.74, 6) is -0.251. The fourth-order valence-corrected chi connectivity index (χ4v) is 1.28. The van der Waals surface area contributed by atoms with Crippen LogP contribution < -0.4 is 5.73 Å². The second-order valence-corrected chi connectivity index (χ2v) is 3.12. The molecule has 1 aromatic rings. The molecule has 0 heterocycles. The van der Waals surface area contributed by atoms with Gasteiger partial charge in [0, 0.05) is 18.7 Å². The van der Waals surface area contributed by atoms with Gasteiger partial charge in [-0.3, -0.25) is 0 Å². The fourth-order valence-electron chi connectivity index (χ4n) is 1.28. The summed E-state index contributed by atoms with van der Waals surface area (Å²) >= 11 is 0. The molecule has 0 aliphatic heterocycles. The lowest BCUT2D eigenvalue weighted by Crippen LogP contribution is -2.17. The van der Waals surface area contributed by atoms with Crippen LogP contribution in [-0.4, -0.2) is 13.2 Å². The van der Waals surface area contributed by atoms with Gasteiger partial charge in [-0.05, 0) is 12.5 Å². The van der Waals surface area contributed by atoms with Crippen LogP contribution >= 0.6 is 0 Å². The van der Waals surface area contributed by atoms with E-state index < -0.39 is 0 Å². The summed E-state index contributed by atoms with van der Waals surface area (Å²) in [5, 5.41) is 0. The van der Waals surface area contributed by atoms with Crippen molar-refractivity contribution in [2.24, 2.45) is 5.73 Å². The molecule has 0 radical (unpaired) electrons. The molecule has 0 saturated heterocycles. The molecular weight excluding hydrogens is 181 g/mol. The highest BCUT2D eigenvalue weighted by Gasteiger charge is 2.13. The van der Waals surface area contributed by atoms with Crippen LogP contribution in [-0.2, 0) is 4.74 Å². The monoisotopic (exact) mass is 197 g/mol. The van der Waals surface area contributed by atoms with E-state index in [2.05, 4.69) is 0 Å². The molecule has 0 fully saturated rings. The zero-order chi connectivity index (χ0) is 10.4. The lowest BCUT2D eigenvalue weighted by Gasteiger charge is -2.16. The van der Waals surface area contributed by atoms with Gasteiger partial charge in [-0.15, -0.1) is 0 Å². The first kappa shape index (κ1) is 11.1. The minimum Gasteiger partial charge on any atom is -0.372 e. The molecule has 0 spiro atoms. The van der Waals surface area contributed by atoms with Gasteiger partial charge in [0.15, 0.2) is 0 Å². The maximum absolute atomic E-state index is 13.3. The smallest absolute Gasteiger partial charge is 0.129 e. The molecule has 1 aromatic carbocycles. The van der Waals surface area contributed by atoms with Crippen LogP contribution in [0.1, 0.15) is 25.0 Å². The zero-order valence-electron chi connectivity index (χ0n) is 8.37. The van der Waals surface area contributed by atoms with Gasteiger partial charge in [0.05, 0.1) is 6.10 Å². The number of ether oxygens (including phenoxy) is 1. The molecule has 0 aromatic heterocycles. The predicted octanol–water partition coefficient (Wildman–Crippen LogP) is 2.25. The number of hydrogen-bond donors (Lipinski definition) is 1. The Morgan fingerprint density at radius 2 is 2.14 bits per heavy atom. The Kier molecular flexibility index (Phi) is 4.56. The Morgan fingerprint density at radius 1 is 1.43 bits per heavy atom. The van der Waals surface area contributed by atoms with E-state index >= 15 is 0 Å². The van der Waals surface area contributed by atoms with E-state index in [0.29, 0.717) is 18.7 Å². The minimum absolute atomic E-state index is 0.251. The Hall–Kier alpha value is -0.930. The second-order valence-electron chi connectivity index (χ2n) is 3.12. The van der Waals surface area contributed by atoms with E-state index in [0.717, 1.165) is 6.42 Å². The van der Waals surface area contributed by atoms with Gasteiger partial charge >= 0.3 is 0 Å².